The predicted molar refractivity (Wildman–Crippen MR) is 104 cm³/mol. The maximum absolute atomic E-state index is 14.3. The Morgan fingerprint density at radius 2 is 1.73 bits per heavy atom. The van der Waals surface area contributed by atoms with E-state index in [0.717, 1.165) is 12.1 Å². The molecule has 0 aliphatic carbocycles. The Morgan fingerprint density at radius 1 is 1.00 bits per heavy atom. The SMILES string of the molecule is [2H]C([2H])(Cc1ccc(OCc2cccc(-c3ccccc3)c2C(F)(F)F)cc1F)C(=O)O. The smallest absolute Gasteiger partial charge is 0.417 e. The van der Waals surface area contributed by atoms with E-state index in [1.165, 1.54) is 24.3 Å². The van der Waals surface area contributed by atoms with Gasteiger partial charge < -0.3 is 9.84 Å². The highest BCUT2D eigenvalue weighted by Gasteiger charge is 2.36. The van der Waals surface area contributed by atoms with Crippen molar-refractivity contribution >= 4 is 5.97 Å². The number of carbonyl (C=O) groups is 1. The average molecular weight is 420 g/mol. The molecular weight excluding hydrogens is 400 g/mol. The van der Waals surface area contributed by atoms with Gasteiger partial charge in [0.15, 0.2) is 0 Å². The predicted octanol–water partition coefficient (Wildman–Crippen LogP) is 6.11. The van der Waals surface area contributed by atoms with Gasteiger partial charge in [-0.1, -0.05) is 54.6 Å². The highest BCUT2D eigenvalue weighted by Crippen LogP contribution is 2.39. The highest BCUT2D eigenvalue weighted by atomic mass is 19.4. The molecule has 1 N–H and O–H groups in total. The summed E-state index contributed by atoms with van der Waals surface area (Å²) in [6, 6.07) is 15.5. The summed E-state index contributed by atoms with van der Waals surface area (Å²) < 4.78 is 76.1. The third kappa shape index (κ3) is 5.17. The molecule has 30 heavy (non-hydrogen) atoms. The number of carboxylic acids is 1. The van der Waals surface area contributed by atoms with E-state index < -0.39 is 42.9 Å². The fourth-order valence-electron chi connectivity index (χ4n) is 3.01. The molecule has 0 spiro atoms. The Balaban J connectivity index is 1.86. The number of carboxylic acid groups (broad SMARTS) is 1. The molecule has 3 aromatic rings. The van der Waals surface area contributed by atoms with Crippen molar-refractivity contribution in [1.82, 2.24) is 0 Å². The molecule has 3 aromatic carbocycles. The summed E-state index contributed by atoms with van der Waals surface area (Å²) in [6.07, 6.45) is -8.02. The quantitative estimate of drug-likeness (QED) is 0.469. The van der Waals surface area contributed by atoms with Crippen LogP contribution in [0.1, 0.15) is 25.8 Å². The molecule has 0 saturated carbocycles. The second-order valence-corrected chi connectivity index (χ2v) is 6.40. The molecule has 0 heterocycles. The standard InChI is InChI=1S/C23H18F4O3/c24-20-13-18(11-9-16(20)10-12-21(28)29)30-14-17-7-4-8-19(22(17)23(25,26)27)15-5-2-1-3-6-15/h1-9,11,13H,10,12,14H2,(H,28,29)/i12D2. The van der Waals surface area contributed by atoms with Gasteiger partial charge in [0, 0.05) is 20.7 Å². The molecule has 0 fully saturated rings. The van der Waals surface area contributed by atoms with E-state index >= 15 is 0 Å². The lowest BCUT2D eigenvalue weighted by molar-refractivity contribution is -0.138. The van der Waals surface area contributed by atoms with Crippen molar-refractivity contribution in [2.75, 3.05) is 0 Å². The number of hydrogen-bond donors (Lipinski definition) is 1. The maximum atomic E-state index is 14.3. The topological polar surface area (TPSA) is 46.5 Å². The van der Waals surface area contributed by atoms with Crippen molar-refractivity contribution < 1.29 is 34.9 Å². The molecule has 0 aliphatic heterocycles. The number of hydrogen-bond acceptors (Lipinski definition) is 2. The second kappa shape index (κ2) is 8.98. The molecule has 156 valence electrons. The second-order valence-electron chi connectivity index (χ2n) is 6.40. The van der Waals surface area contributed by atoms with Crippen molar-refractivity contribution in [2.45, 2.75) is 25.6 Å². The Labute approximate surface area is 173 Å². The van der Waals surface area contributed by atoms with E-state index in [0.29, 0.717) is 5.56 Å². The van der Waals surface area contributed by atoms with Crippen LogP contribution in [0.15, 0.2) is 66.7 Å². The van der Waals surface area contributed by atoms with E-state index in [2.05, 4.69) is 0 Å². The molecule has 0 amide bonds. The number of aliphatic carboxylic acids is 1. The fourth-order valence-corrected chi connectivity index (χ4v) is 3.01. The highest BCUT2D eigenvalue weighted by molar-refractivity contribution is 5.69. The van der Waals surface area contributed by atoms with Gasteiger partial charge in [-0.15, -0.1) is 0 Å². The first-order valence-electron chi connectivity index (χ1n) is 9.88. The zero-order valence-electron chi connectivity index (χ0n) is 17.5. The molecule has 0 atom stereocenters. The molecule has 0 saturated heterocycles. The van der Waals surface area contributed by atoms with Gasteiger partial charge in [0.1, 0.15) is 18.2 Å². The van der Waals surface area contributed by atoms with Gasteiger partial charge in [-0.25, -0.2) is 4.39 Å². The van der Waals surface area contributed by atoms with Crippen LogP contribution in [0.3, 0.4) is 0 Å². The van der Waals surface area contributed by atoms with Gasteiger partial charge in [0.25, 0.3) is 0 Å². The van der Waals surface area contributed by atoms with Crippen molar-refractivity contribution in [3.8, 4) is 16.9 Å². The summed E-state index contributed by atoms with van der Waals surface area (Å²) in [5.41, 5.74) is -0.781. The van der Waals surface area contributed by atoms with E-state index in [1.807, 2.05) is 0 Å². The summed E-state index contributed by atoms with van der Waals surface area (Å²) in [6.45, 7) is -0.482. The van der Waals surface area contributed by atoms with Gasteiger partial charge in [0.2, 0.25) is 0 Å². The molecule has 0 bridgehead atoms. The third-order valence-corrected chi connectivity index (χ3v) is 4.37. The monoisotopic (exact) mass is 420 g/mol. The van der Waals surface area contributed by atoms with Gasteiger partial charge in [-0.05, 0) is 29.2 Å². The largest absolute Gasteiger partial charge is 0.489 e. The van der Waals surface area contributed by atoms with E-state index in [9.17, 15) is 22.4 Å². The van der Waals surface area contributed by atoms with Crippen LogP contribution >= 0.6 is 0 Å². The summed E-state index contributed by atoms with van der Waals surface area (Å²) in [5, 5.41) is 8.84. The summed E-state index contributed by atoms with van der Waals surface area (Å²) >= 11 is 0. The van der Waals surface area contributed by atoms with Crippen molar-refractivity contribution in [2.24, 2.45) is 0 Å². The normalized spacial score (nSPS) is 12.8. The Bertz CT molecular complexity index is 1120. The minimum Gasteiger partial charge on any atom is -0.489 e. The maximum Gasteiger partial charge on any atom is 0.417 e. The number of benzene rings is 3. The Morgan fingerprint density at radius 3 is 2.37 bits per heavy atom. The molecule has 3 nitrogen and oxygen atoms in total. The first-order valence-corrected chi connectivity index (χ1v) is 8.88. The first kappa shape index (κ1) is 18.7. The van der Waals surface area contributed by atoms with Crippen molar-refractivity contribution in [1.29, 1.82) is 0 Å². The number of halogens is 4. The van der Waals surface area contributed by atoms with E-state index in [-0.39, 0.29) is 22.4 Å². The van der Waals surface area contributed by atoms with Gasteiger partial charge >= 0.3 is 12.1 Å². The number of ether oxygens (including phenoxy) is 1. The summed E-state index contributed by atoms with van der Waals surface area (Å²) in [4.78, 5) is 10.9. The minimum absolute atomic E-state index is 0.00312. The number of alkyl halides is 3. The van der Waals surface area contributed by atoms with Gasteiger partial charge in [0.05, 0.1) is 5.56 Å². The Kier molecular flexibility index (Phi) is 5.59. The van der Waals surface area contributed by atoms with Gasteiger partial charge in [-0.2, -0.15) is 13.2 Å². The van der Waals surface area contributed by atoms with Crippen molar-refractivity contribution in [3.05, 3.63) is 89.2 Å². The Hall–Kier alpha value is -3.35. The van der Waals surface area contributed by atoms with Crippen LogP contribution in [0.5, 0.6) is 5.75 Å². The molecular formula is C23H18F4O3. The fraction of sp³-hybridized carbons (Fsp3) is 0.174. The molecule has 0 aromatic heterocycles. The van der Waals surface area contributed by atoms with Crippen LogP contribution in [0.2, 0.25) is 0 Å². The van der Waals surface area contributed by atoms with Crippen LogP contribution in [0, 0.1) is 5.82 Å². The van der Waals surface area contributed by atoms with E-state index in [4.69, 9.17) is 12.6 Å². The summed E-state index contributed by atoms with van der Waals surface area (Å²) in [7, 11) is 0. The van der Waals surface area contributed by atoms with Crippen LogP contribution in [-0.2, 0) is 24.0 Å². The minimum atomic E-state index is -4.65. The molecule has 0 unspecified atom stereocenters. The van der Waals surface area contributed by atoms with E-state index in [1.54, 1.807) is 30.3 Å². The lowest BCUT2D eigenvalue weighted by atomic mass is 9.95. The third-order valence-electron chi connectivity index (χ3n) is 4.37. The lowest BCUT2D eigenvalue weighted by Gasteiger charge is -2.18. The van der Waals surface area contributed by atoms with Crippen LogP contribution in [0.4, 0.5) is 17.6 Å². The first-order chi connectivity index (χ1) is 15.0. The van der Waals surface area contributed by atoms with Crippen LogP contribution in [-0.4, -0.2) is 11.1 Å². The summed E-state index contributed by atoms with van der Waals surface area (Å²) in [5.74, 6) is -2.71. The average Bonchev–Trinajstić information content (AvgIpc) is 2.73. The zero-order valence-corrected chi connectivity index (χ0v) is 15.5. The van der Waals surface area contributed by atoms with Crippen molar-refractivity contribution in [3.63, 3.8) is 0 Å². The van der Waals surface area contributed by atoms with Crippen LogP contribution in [0.25, 0.3) is 11.1 Å². The number of rotatable bonds is 7. The molecule has 3 rings (SSSR count). The van der Waals surface area contributed by atoms with Gasteiger partial charge in [-0.3, -0.25) is 4.79 Å². The molecule has 7 heteroatoms. The lowest BCUT2D eigenvalue weighted by Crippen LogP contribution is -2.13. The number of aryl methyl sites for hydroxylation is 1. The zero-order chi connectivity index (χ0) is 23.5. The molecule has 0 radical (unpaired) electrons. The molecule has 0 aliphatic rings. The van der Waals surface area contributed by atoms with Crippen LogP contribution < -0.4 is 4.74 Å².